The lowest BCUT2D eigenvalue weighted by atomic mass is 9.85. The minimum atomic E-state index is -0.167. The van der Waals surface area contributed by atoms with Gasteiger partial charge in [-0.2, -0.15) is 0 Å². The molecule has 0 N–H and O–H groups in total. The predicted octanol–water partition coefficient (Wildman–Crippen LogP) is 1.43. The summed E-state index contributed by atoms with van der Waals surface area (Å²) in [4.78, 5) is 23.8. The molecule has 1 aromatic heterocycles. The van der Waals surface area contributed by atoms with Gasteiger partial charge in [-0.25, -0.2) is 4.79 Å². The number of hydrogen-bond acceptors (Lipinski definition) is 2. The average Bonchev–Trinajstić information content (AvgIpc) is 2.21. The highest BCUT2D eigenvalue weighted by atomic mass is 127. The minimum absolute atomic E-state index is 0.137. The van der Waals surface area contributed by atoms with E-state index in [1.54, 1.807) is 10.8 Å². The van der Waals surface area contributed by atoms with E-state index >= 15 is 0 Å². The van der Waals surface area contributed by atoms with Crippen LogP contribution in [0.5, 0.6) is 0 Å². The Bertz CT molecular complexity index is 500. The number of nitrogens with zero attached hydrogens (tertiary/aromatic N) is 2. The molecule has 0 aliphatic heterocycles. The predicted molar refractivity (Wildman–Crippen MR) is 70.7 cm³/mol. The van der Waals surface area contributed by atoms with Gasteiger partial charge in [0.05, 0.1) is 3.57 Å². The van der Waals surface area contributed by atoms with Gasteiger partial charge in [-0.15, -0.1) is 0 Å². The van der Waals surface area contributed by atoms with Crippen LogP contribution in [0, 0.1) is 9.49 Å². The highest BCUT2D eigenvalue weighted by Crippen LogP contribution is 2.26. The molecule has 1 aliphatic carbocycles. The highest BCUT2D eigenvalue weighted by molar-refractivity contribution is 14.1. The first-order chi connectivity index (χ1) is 7.63. The summed E-state index contributed by atoms with van der Waals surface area (Å²) in [5, 5.41) is 0. The van der Waals surface area contributed by atoms with Crippen LogP contribution >= 0.6 is 22.6 Å². The van der Waals surface area contributed by atoms with E-state index in [0.717, 1.165) is 12.8 Å². The Morgan fingerprint density at radius 3 is 2.62 bits per heavy atom. The molecule has 0 saturated heterocycles. The summed E-state index contributed by atoms with van der Waals surface area (Å²) in [5.74, 6) is 0.522. The van der Waals surface area contributed by atoms with Crippen LogP contribution in [0.25, 0.3) is 0 Å². The number of halogens is 1. The van der Waals surface area contributed by atoms with Crippen molar-refractivity contribution in [3.05, 3.63) is 30.6 Å². The van der Waals surface area contributed by atoms with Crippen molar-refractivity contribution in [3.63, 3.8) is 0 Å². The summed E-state index contributed by atoms with van der Waals surface area (Å²) in [6.07, 6.45) is 5.15. The fourth-order valence-electron chi connectivity index (χ4n) is 1.94. The molecule has 0 bridgehead atoms. The molecule has 1 aliphatic rings. The van der Waals surface area contributed by atoms with Crippen molar-refractivity contribution in [1.82, 2.24) is 9.13 Å². The topological polar surface area (TPSA) is 44.0 Å². The summed E-state index contributed by atoms with van der Waals surface area (Å²) in [7, 11) is 0. The van der Waals surface area contributed by atoms with Crippen LogP contribution < -0.4 is 11.2 Å². The molecule has 2 rings (SSSR count). The minimum Gasteiger partial charge on any atom is -0.300 e. The Morgan fingerprint density at radius 1 is 1.44 bits per heavy atom. The maximum Gasteiger partial charge on any atom is 0.331 e. The third-order valence-electron chi connectivity index (χ3n) is 3.20. The first-order valence-corrected chi connectivity index (χ1v) is 6.71. The fraction of sp³-hybridized carbons (Fsp3) is 0.636. The second kappa shape index (κ2) is 4.73. The molecule has 0 unspecified atom stereocenters. The molecular formula is C11H15IN2O2. The molecule has 1 heterocycles. The van der Waals surface area contributed by atoms with Crippen molar-refractivity contribution in [2.75, 3.05) is 0 Å². The van der Waals surface area contributed by atoms with Gasteiger partial charge in [0.15, 0.2) is 0 Å². The van der Waals surface area contributed by atoms with Crippen LogP contribution in [-0.2, 0) is 13.1 Å². The number of aromatic nitrogens is 2. The van der Waals surface area contributed by atoms with Crippen molar-refractivity contribution in [2.45, 2.75) is 39.3 Å². The summed E-state index contributed by atoms with van der Waals surface area (Å²) in [6.45, 7) is 3.12. The fourth-order valence-corrected chi connectivity index (χ4v) is 2.57. The molecule has 0 aromatic carbocycles. The summed E-state index contributed by atoms with van der Waals surface area (Å²) < 4.78 is 3.62. The van der Waals surface area contributed by atoms with Crippen molar-refractivity contribution < 1.29 is 0 Å². The van der Waals surface area contributed by atoms with Gasteiger partial charge in [0.1, 0.15) is 0 Å². The zero-order valence-corrected chi connectivity index (χ0v) is 11.4. The van der Waals surface area contributed by atoms with E-state index in [2.05, 4.69) is 0 Å². The van der Waals surface area contributed by atoms with Crippen molar-refractivity contribution in [1.29, 1.82) is 0 Å². The zero-order chi connectivity index (χ0) is 11.7. The Labute approximate surface area is 107 Å². The smallest absolute Gasteiger partial charge is 0.300 e. The van der Waals surface area contributed by atoms with Gasteiger partial charge in [0.25, 0.3) is 5.56 Å². The number of rotatable bonds is 3. The zero-order valence-electron chi connectivity index (χ0n) is 9.28. The van der Waals surface area contributed by atoms with Crippen LogP contribution in [-0.4, -0.2) is 9.13 Å². The standard InChI is InChI=1S/C11H15IN2O2/c1-2-13-7-9(12)10(15)14(11(13)16)6-8-4-3-5-8/h7-8H,2-6H2,1H3. The third-order valence-corrected chi connectivity index (χ3v) is 3.94. The first kappa shape index (κ1) is 11.9. The molecule has 0 spiro atoms. The van der Waals surface area contributed by atoms with Crippen molar-refractivity contribution in [2.24, 2.45) is 5.92 Å². The summed E-state index contributed by atoms with van der Waals surface area (Å²) in [6, 6.07) is 0. The second-order valence-corrected chi connectivity index (χ2v) is 5.42. The Balaban J connectivity index is 2.44. The van der Waals surface area contributed by atoms with E-state index in [4.69, 9.17) is 0 Å². The molecule has 0 amide bonds. The molecule has 4 nitrogen and oxygen atoms in total. The second-order valence-electron chi connectivity index (χ2n) is 4.26. The lowest BCUT2D eigenvalue weighted by molar-refractivity contribution is 0.267. The van der Waals surface area contributed by atoms with Crippen LogP contribution in [0.2, 0.25) is 0 Å². The number of hydrogen-bond donors (Lipinski definition) is 0. The molecule has 1 aromatic rings. The van der Waals surface area contributed by atoms with Gasteiger partial charge >= 0.3 is 5.69 Å². The van der Waals surface area contributed by atoms with Crippen molar-refractivity contribution >= 4 is 22.6 Å². The SMILES string of the molecule is CCn1cc(I)c(=O)n(CC2CCC2)c1=O. The molecule has 88 valence electrons. The number of aryl methyl sites for hydroxylation is 1. The maximum absolute atomic E-state index is 12.0. The molecule has 1 saturated carbocycles. The normalized spacial score (nSPS) is 16.1. The summed E-state index contributed by atoms with van der Waals surface area (Å²) >= 11 is 2.00. The van der Waals surface area contributed by atoms with Gasteiger partial charge in [0, 0.05) is 19.3 Å². The Morgan fingerprint density at radius 2 is 2.12 bits per heavy atom. The first-order valence-electron chi connectivity index (χ1n) is 5.63. The quantitative estimate of drug-likeness (QED) is 0.785. The lowest BCUT2D eigenvalue weighted by Gasteiger charge is -2.25. The van der Waals surface area contributed by atoms with Gasteiger partial charge in [-0.3, -0.25) is 13.9 Å². The van der Waals surface area contributed by atoms with Gasteiger partial charge in [-0.1, -0.05) is 6.42 Å². The highest BCUT2D eigenvalue weighted by Gasteiger charge is 2.20. The summed E-state index contributed by atoms with van der Waals surface area (Å²) in [5.41, 5.74) is -0.304. The third kappa shape index (κ3) is 2.09. The largest absolute Gasteiger partial charge is 0.331 e. The Hall–Kier alpha value is -0.590. The Kier molecular flexibility index (Phi) is 3.51. The van der Waals surface area contributed by atoms with Crippen LogP contribution in [0.1, 0.15) is 26.2 Å². The van der Waals surface area contributed by atoms with E-state index in [9.17, 15) is 9.59 Å². The van der Waals surface area contributed by atoms with E-state index in [0.29, 0.717) is 22.6 Å². The van der Waals surface area contributed by atoms with Gasteiger partial charge < -0.3 is 0 Å². The average molecular weight is 334 g/mol. The molecule has 0 radical (unpaired) electrons. The molecule has 16 heavy (non-hydrogen) atoms. The molecule has 5 heteroatoms. The lowest BCUT2D eigenvalue weighted by Crippen LogP contribution is -2.42. The van der Waals surface area contributed by atoms with E-state index in [1.807, 2.05) is 29.5 Å². The monoisotopic (exact) mass is 334 g/mol. The maximum atomic E-state index is 12.0. The van der Waals surface area contributed by atoms with Gasteiger partial charge in [-0.05, 0) is 48.3 Å². The van der Waals surface area contributed by atoms with E-state index in [1.165, 1.54) is 11.0 Å². The van der Waals surface area contributed by atoms with Crippen LogP contribution in [0.4, 0.5) is 0 Å². The van der Waals surface area contributed by atoms with Crippen molar-refractivity contribution in [3.8, 4) is 0 Å². The van der Waals surface area contributed by atoms with Crippen LogP contribution in [0.3, 0.4) is 0 Å². The van der Waals surface area contributed by atoms with Gasteiger partial charge in [0.2, 0.25) is 0 Å². The van der Waals surface area contributed by atoms with E-state index < -0.39 is 0 Å². The van der Waals surface area contributed by atoms with Crippen LogP contribution in [0.15, 0.2) is 15.8 Å². The molecule has 0 atom stereocenters. The van der Waals surface area contributed by atoms with E-state index in [-0.39, 0.29) is 11.2 Å². The molecular weight excluding hydrogens is 319 g/mol. The molecule has 1 fully saturated rings.